The Morgan fingerprint density at radius 2 is 1.16 bits per heavy atom. The lowest BCUT2D eigenvalue weighted by Crippen LogP contribution is -2.03. The molecule has 284 valence electrons. The van der Waals surface area contributed by atoms with Gasteiger partial charge in [0.25, 0.3) is 0 Å². The normalized spacial score (nSPS) is 13.3. The van der Waals surface area contributed by atoms with Gasteiger partial charge in [-0.3, -0.25) is 4.98 Å². The summed E-state index contributed by atoms with van der Waals surface area (Å²) in [5.41, 5.74) is 10.0. The summed E-state index contributed by atoms with van der Waals surface area (Å²) >= 11 is 0. The summed E-state index contributed by atoms with van der Waals surface area (Å²) in [6, 6.07) is 50.3. The number of hydrogen-bond donors (Lipinski definition) is 0. The van der Waals surface area contributed by atoms with Crippen molar-refractivity contribution in [1.82, 2.24) is 19.9 Å². The molecule has 2 aliphatic carbocycles. The summed E-state index contributed by atoms with van der Waals surface area (Å²) in [7, 11) is 0. The Bertz CT molecular complexity index is 3610. The second-order valence-corrected chi connectivity index (χ2v) is 15.8. The zero-order valence-corrected chi connectivity index (χ0v) is 33.2. The number of aromatic nitrogens is 4. The van der Waals surface area contributed by atoms with Crippen LogP contribution in [0.15, 0.2) is 176 Å². The largest absolute Gasteiger partial charge is 0.264 e. The Labute approximate surface area is 353 Å². The highest BCUT2D eigenvalue weighted by Crippen LogP contribution is 2.47. The third-order valence-electron chi connectivity index (χ3n) is 12.3. The number of pyridine rings is 1. The van der Waals surface area contributed by atoms with Crippen LogP contribution in [0.4, 0.5) is 0 Å². The predicted molar refractivity (Wildman–Crippen MR) is 254 cm³/mol. The molecule has 0 radical (unpaired) electrons. The Kier molecular flexibility index (Phi) is 8.25. The highest BCUT2D eigenvalue weighted by molar-refractivity contribution is 6.27. The minimum atomic E-state index is 0.590. The maximum Gasteiger partial charge on any atom is 0.165 e. The lowest BCUT2D eigenvalue weighted by molar-refractivity contribution is 1.00. The van der Waals surface area contributed by atoms with E-state index < -0.39 is 0 Å². The molecule has 0 amide bonds. The highest BCUT2D eigenvalue weighted by Gasteiger charge is 2.23. The summed E-state index contributed by atoms with van der Waals surface area (Å²) in [6.07, 6.45) is 17.2. The van der Waals surface area contributed by atoms with Crippen LogP contribution in [0.1, 0.15) is 29.8 Å². The van der Waals surface area contributed by atoms with E-state index >= 15 is 0 Å². The van der Waals surface area contributed by atoms with Crippen LogP contribution < -0.4 is 0 Å². The second kappa shape index (κ2) is 14.4. The molecule has 0 atom stereocenters. The van der Waals surface area contributed by atoms with E-state index in [1.807, 2.05) is 42.7 Å². The third-order valence-corrected chi connectivity index (χ3v) is 12.3. The van der Waals surface area contributed by atoms with Crippen molar-refractivity contribution in [2.75, 3.05) is 0 Å². The van der Waals surface area contributed by atoms with E-state index in [0.717, 1.165) is 67.8 Å². The zero-order chi connectivity index (χ0) is 40.3. The molecule has 0 aliphatic heterocycles. The molecule has 12 rings (SSSR count). The highest BCUT2D eigenvalue weighted by atomic mass is 15.0. The Balaban J connectivity index is 1.21. The summed E-state index contributed by atoms with van der Waals surface area (Å²) in [6.45, 7) is 0. The van der Waals surface area contributed by atoms with Gasteiger partial charge in [0.15, 0.2) is 17.5 Å². The monoisotopic (exact) mass is 776 g/mol. The van der Waals surface area contributed by atoms with Gasteiger partial charge in [-0.25, -0.2) is 15.0 Å². The van der Waals surface area contributed by atoms with Crippen LogP contribution >= 0.6 is 0 Å². The first kappa shape index (κ1) is 35.0. The van der Waals surface area contributed by atoms with Crippen LogP contribution in [0, 0.1) is 11.8 Å². The molecule has 0 unspecified atom stereocenters. The average molecular weight is 777 g/mol. The quantitative estimate of drug-likeness (QED) is 0.0992. The van der Waals surface area contributed by atoms with E-state index in [2.05, 4.69) is 156 Å². The van der Waals surface area contributed by atoms with Crippen molar-refractivity contribution >= 4 is 65.5 Å². The summed E-state index contributed by atoms with van der Waals surface area (Å²) in [5.74, 6) is 8.20. The fraction of sp³-hybridized carbons (Fsp3) is 0.0526. The molecule has 10 aromatic rings. The minimum Gasteiger partial charge on any atom is -0.264 e. The first-order chi connectivity index (χ1) is 30.3. The third kappa shape index (κ3) is 5.78. The van der Waals surface area contributed by atoms with Crippen LogP contribution in [-0.2, 0) is 6.42 Å². The van der Waals surface area contributed by atoms with Crippen molar-refractivity contribution in [2.45, 2.75) is 19.3 Å². The standard InChI is InChI=1S/C57H36N4/c1-2-5-18-36(17-4-1)55-59-56(37-19-6-3-7-20-37)61-57(60-55)54-47-29-15-14-28-46(47)52(39-21-16-32-58-35-39)48-31-30-38(33-50(48)54)49-34-51-42-24-9-8-22-40(42)41-23-10-12-26-44(41)53(51)45-27-13-11-25-43(45)49/h3-4,6-8,10-23,25-35H,1,9,24H2. The first-order valence-electron chi connectivity index (χ1n) is 20.9. The van der Waals surface area contributed by atoms with Crippen molar-refractivity contribution in [3.05, 3.63) is 193 Å². The number of hydrogen-bond acceptors (Lipinski definition) is 4. The molecular formula is C57H36N4. The van der Waals surface area contributed by atoms with Crippen molar-refractivity contribution in [2.24, 2.45) is 0 Å². The van der Waals surface area contributed by atoms with Gasteiger partial charge in [-0.2, -0.15) is 0 Å². The van der Waals surface area contributed by atoms with Crippen LogP contribution in [0.2, 0.25) is 0 Å². The van der Waals surface area contributed by atoms with Gasteiger partial charge in [0.05, 0.1) is 0 Å². The number of aryl methyl sites for hydroxylation is 1. The van der Waals surface area contributed by atoms with Crippen LogP contribution in [-0.4, -0.2) is 19.9 Å². The maximum absolute atomic E-state index is 5.34. The number of benzene rings is 8. The average Bonchev–Trinajstić information content (AvgIpc) is 3.63. The minimum absolute atomic E-state index is 0.590. The van der Waals surface area contributed by atoms with Crippen molar-refractivity contribution in [1.29, 1.82) is 0 Å². The topological polar surface area (TPSA) is 51.6 Å². The van der Waals surface area contributed by atoms with Gasteiger partial charge in [-0.1, -0.05) is 157 Å². The summed E-state index contributed by atoms with van der Waals surface area (Å²) < 4.78 is 0. The van der Waals surface area contributed by atoms with Crippen molar-refractivity contribution in [3.8, 4) is 56.9 Å². The lowest BCUT2D eigenvalue weighted by Gasteiger charge is -2.21. The lowest BCUT2D eigenvalue weighted by atomic mass is 9.82. The molecule has 4 heteroatoms. The molecule has 0 fully saturated rings. The predicted octanol–water partition coefficient (Wildman–Crippen LogP) is 14.0. The number of rotatable bonds is 5. The second-order valence-electron chi connectivity index (χ2n) is 15.8. The number of nitrogens with zero attached hydrogens (tertiary/aromatic N) is 4. The molecule has 2 aliphatic rings. The van der Waals surface area contributed by atoms with Gasteiger partial charge >= 0.3 is 0 Å². The van der Waals surface area contributed by atoms with Gasteiger partial charge in [0.1, 0.15) is 0 Å². The fourth-order valence-electron chi connectivity index (χ4n) is 9.64. The molecular weight excluding hydrogens is 741 g/mol. The first-order valence-corrected chi connectivity index (χ1v) is 20.9. The van der Waals surface area contributed by atoms with E-state index in [9.17, 15) is 0 Å². The smallest absolute Gasteiger partial charge is 0.165 e. The van der Waals surface area contributed by atoms with E-state index in [1.54, 1.807) is 0 Å². The van der Waals surface area contributed by atoms with Crippen LogP contribution in [0.3, 0.4) is 0 Å². The Hall–Kier alpha value is -8.00. The SMILES string of the molecule is C1#CCC=CC(c2nc(-c3ccccc3)nc(-c3c4ccccc4c(-c4cccnc4)c4ccc(-c5cc6c7c(c8ccccc8c6c6ccccc56)C=CCC7)cc34)n2)=C1. The maximum atomic E-state index is 5.34. The van der Waals surface area contributed by atoms with Crippen LogP contribution in [0.5, 0.6) is 0 Å². The van der Waals surface area contributed by atoms with Gasteiger partial charge in [0, 0.05) is 41.1 Å². The van der Waals surface area contributed by atoms with Gasteiger partial charge < -0.3 is 0 Å². The zero-order valence-electron chi connectivity index (χ0n) is 33.2. The molecule has 2 heterocycles. The number of fused-ring (bicyclic) bond motifs is 10. The fourth-order valence-corrected chi connectivity index (χ4v) is 9.64. The molecule has 8 aromatic carbocycles. The van der Waals surface area contributed by atoms with E-state index in [1.165, 1.54) is 49.0 Å². The van der Waals surface area contributed by atoms with E-state index in [4.69, 9.17) is 15.0 Å². The molecule has 4 nitrogen and oxygen atoms in total. The molecule has 0 saturated carbocycles. The Morgan fingerprint density at radius 3 is 1.98 bits per heavy atom. The van der Waals surface area contributed by atoms with Crippen molar-refractivity contribution < 1.29 is 0 Å². The van der Waals surface area contributed by atoms with Crippen LogP contribution in [0.25, 0.3) is 111 Å². The summed E-state index contributed by atoms with van der Waals surface area (Å²) in [4.78, 5) is 20.4. The Morgan fingerprint density at radius 1 is 0.475 bits per heavy atom. The molecule has 0 saturated heterocycles. The van der Waals surface area contributed by atoms with E-state index in [0.29, 0.717) is 23.9 Å². The summed E-state index contributed by atoms with van der Waals surface area (Å²) in [5, 5.41) is 12.1. The van der Waals surface area contributed by atoms with Crippen molar-refractivity contribution in [3.63, 3.8) is 0 Å². The van der Waals surface area contributed by atoms with Gasteiger partial charge in [0.2, 0.25) is 0 Å². The molecule has 61 heavy (non-hydrogen) atoms. The number of allylic oxidation sites excluding steroid dienone is 5. The van der Waals surface area contributed by atoms with Gasteiger partial charge in [-0.05, 0) is 119 Å². The molecule has 0 spiro atoms. The molecule has 0 bridgehead atoms. The molecule has 0 N–H and O–H groups in total. The molecule has 2 aromatic heterocycles. The van der Waals surface area contributed by atoms with Gasteiger partial charge in [-0.15, -0.1) is 0 Å². The van der Waals surface area contributed by atoms with E-state index in [-0.39, 0.29) is 0 Å².